The van der Waals surface area contributed by atoms with Crippen LogP contribution >= 0.6 is 0 Å². The number of benzene rings is 2. The summed E-state index contributed by atoms with van der Waals surface area (Å²) in [4.78, 5) is 12.5. The van der Waals surface area contributed by atoms with Crippen LogP contribution in [0.5, 0.6) is 0 Å². The zero-order chi connectivity index (χ0) is 15.9. The number of carbonyl (C=O) groups excluding carboxylic acids is 1. The number of hydrogen-bond donors (Lipinski definition) is 0. The Labute approximate surface area is 138 Å². The van der Waals surface area contributed by atoms with E-state index in [1.54, 1.807) is 0 Å². The Morgan fingerprint density at radius 3 is 2.09 bits per heavy atom. The van der Waals surface area contributed by atoms with Crippen LogP contribution in [-0.2, 0) is 4.74 Å². The van der Waals surface area contributed by atoms with E-state index in [0.29, 0.717) is 11.5 Å². The lowest BCUT2D eigenvalue weighted by Gasteiger charge is -2.29. The van der Waals surface area contributed by atoms with Crippen molar-refractivity contribution >= 4 is 5.97 Å². The molecule has 1 aliphatic rings. The van der Waals surface area contributed by atoms with E-state index in [-0.39, 0.29) is 12.1 Å². The highest BCUT2D eigenvalue weighted by Crippen LogP contribution is 2.33. The Balaban J connectivity index is 1.78. The maximum Gasteiger partial charge on any atom is 0.338 e. The van der Waals surface area contributed by atoms with Crippen LogP contribution in [0.15, 0.2) is 60.7 Å². The van der Waals surface area contributed by atoms with E-state index in [0.717, 1.165) is 19.3 Å². The van der Waals surface area contributed by atoms with Gasteiger partial charge in [-0.3, -0.25) is 0 Å². The molecule has 0 radical (unpaired) electrons. The van der Waals surface area contributed by atoms with Crippen molar-refractivity contribution in [3.63, 3.8) is 0 Å². The zero-order valence-electron chi connectivity index (χ0n) is 13.5. The molecule has 1 saturated carbocycles. The summed E-state index contributed by atoms with van der Waals surface area (Å²) >= 11 is 0. The molecule has 0 aliphatic heterocycles. The minimum absolute atomic E-state index is 0.0228. The first-order chi connectivity index (χ1) is 11.3. The van der Waals surface area contributed by atoms with Gasteiger partial charge in [-0.2, -0.15) is 0 Å². The summed E-state index contributed by atoms with van der Waals surface area (Å²) in [7, 11) is 0. The van der Waals surface area contributed by atoms with Gasteiger partial charge in [-0.05, 0) is 37.0 Å². The molecule has 1 aliphatic carbocycles. The third-order valence-electron chi connectivity index (χ3n) is 4.70. The van der Waals surface area contributed by atoms with Crippen LogP contribution in [-0.4, -0.2) is 12.1 Å². The first-order valence-electron chi connectivity index (χ1n) is 8.65. The van der Waals surface area contributed by atoms with E-state index in [9.17, 15) is 4.79 Å². The minimum Gasteiger partial charge on any atom is -0.458 e. The predicted octanol–water partition coefficient (Wildman–Crippen LogP) is 5.35. The quantitative estimate of drug-likeness (QED) is 0.714. The van der Waals surface area contributed by atoms with E-state index in [1.165, 1.54) is 24.8 Å². The molecule has 0 spiro atoms. The molecule has 0 unspecified atom stereocenters. The fraction of sp³-hybridized carbons (Fsp3) is 0.381. The van der Waals surface area contributed by atoms with Crippen molar-refractivity contribution in [2.75, 3.05) is 0 Å². The van der Waals surface area contributed by atoms with Gasteiger partial charge < -0.3 is 4.74 Å². The van der Waals surface area contributed by atoms with Crippen molar-refractivity contribution in [3.05, 3.63) is 71.8 Å². The highest BCUT2D eigenvalue weighted by molar-refractivity contribution is 5.89. The maximum absolute atomic E-state index is 12.5. The van der Waals surface area contributed by atoms with Gasteiger partial charge in [0.1, 0.15) is 6.10 Å². The number of hydrogen-bond acceptors (Lipinski definition) is 2. The number of rotatable bonds is 3. The molecular weight excluding hydrogens is 284 g/mol. The SMILES string of the molecule is O=C(O[C@H]1CCCCCC[C@@H]1c1ccccc1)c1ccccc1. The Bertz CT molecular complexity index is 606. The number of carbonyl (C=O) groups is 1. The molecule has 0 heterocycles. The van der Waals surface area contributed by atoms with Gasteiger partial charge in [0.25, 0.3) is 0 Å². The van der Waals surface area contributed by atoms with Gasteiger partial charge in [-0.1, -0.05) is 67.8 Å². The van der Waals surface area contributed by atoms with Gasteiger partial charge in [0, 0.05) is 5.92 Å². The third kappa shape index (κ3) is 4.22. The van der Waals surface area contributed by atoms with E-state index in [1.807, 2.05) is 36.4 Å². The topological polar surface area (TPSA) is 26.3 Å². The molecule has 2 atom stereocenters. The molecule has 2 nitrogen and oxygen atoms in total. The van der Waals surface area contributed by atoms with Crippen LogP contribution in [0.2, 0.25) is 0 Å². The van der Waals surface area contributed by atoms with Gasteiger partial charge in [-0.25, -0.2) is 4.79 Å². The lowest BCUT2D eigenvalue weighted by Crippen LogP contribution is -2.27. The molecule has 2 aromatic rings. The van der Waals surface area contributed by atoms with Crippen LogP contribution in [0.1, 0.15) is 60.4 Å². The summed E-state index contributed by atoms with van der Waals surface area (Å²) < 4.78 is 5.94. The summed E-state index contributed by atoms with van der Waals surface area (Å²) in [6.07, 6.45) is 6.89. The molecule has 0 bridgehead atoms. The normalized spacial score (nSPS) is 21.9. The van der Waals surface area contributed by atoms with Crippen LogP contribution in [0, 0.1) is 0 Å². The summed E-state index contributed by atoms with van der Waals surface area (Å²) in [5.74, 6) is 0.112. The lowest BCUT2D eigenvalue weighted by molar-refractivity contribution is 0.0179. The fourth-order valence-corrected chi connectivity index (χ4v) is 3.45. The molecule has 3 rings (SSSR count). The van der Waals surface area contributed by atoms with Crippen molar-refractivity contribution in [2.45, 2.75) is 50.5 Å². The molecule has 0 N–H and O–H groups in total. The minimum atomic E-state index is -0.197. The number of ether oxygens (including phenoxy) is 1. The van der Waals surface area contributed by atoms with Crippen LogP contribution in [0.25, 0.3) is 0 Å². The molecule has 0 aromatic heterocycles. The van der Waals surface area contributed by atoms with Crippen LogP contribution < -0.4 is 0 Å². The second-order valence-corrected chi connectivity index (χ2v) is 6.32. The second kappa shape index (κ2) is 7.96. The third-order valence-corrected chi connectivity index (χ3v) is 4.70. The monoisotopic (exact) mass is 308 g/mol. The fourth-order valence-electron chi connectivity index (χ4n) is 3.45. The Morgan fingerprint density at radius 2 is 1.39 bits per heavy atom. The lowest BCUT2D eigenvalue weighted by atomic mass is 9.83. The molecule has 120 valence electrons. The average molecular weight is 308 g/mol. The summed E-state index contributed by atoms with van der Waals surface area (Å²) in [6, 6.07) is 19.8. The molecular formula is C21H24O2. The van der Waals surface area contributed by atoms with Gasteiger partial charge in [0.15, 0.2) is 0 Å². The van der Waals surface area contributed by atoms with E-state index in [2.05, 4.69) is 24.3 Å². The van der Waals surface area contributed by atoms with Gasteiger partial charge in [0.2, 0.25) is 0 Å². The smallest absolute Gasteiger partial charge is 0.338 e. The van der Waals surface area contributed by atoms with Gasteiger partial charge >= 0.3 is 5.97 Å². The Morgan fingerprint density at radius 1 is 0.783 bits per heavy atom. The molecule has 0 saturated heterocycles. The maximum atomic E-state index is 12.5. The van der Waals surface area contributed by atoms with Crippen molar-refractivity contribution in [1.29, 1.82) is 0 Å². The predicted molar refractivity (Wildman–Crippen MR) is 92.5 cm³/mol. The molecule has 2 heteroatoms. The molecule has 2 aromatic carbocycles. The number of esters is 1. The van der Waals surface area contributed by atoms with Crippen LogP contribution in [0.3, 0.4) is 0 Å². The van der Waals surface area contributed by atoms with Crippen molar-refractivity contribution in [2.24, 2.45) is 0 Å². The zero-order valence-corrected chi connectivity index (χ0v) is 13.5. The van der Waals surface area contributed by atoms with Gasteiger partial charge in [0.05, 0.1) is 5.56 Å². The first kappa shape index (κ1) is 15.8. The summed E-state index contributed by atoms with van der Waals surface area (Å²) in [6.45, 7) is 0. The van der Waals surface area contributed by atoms with E-state index < -0.39 is 0 Å². The molecule has 1 fully saturated rings. The standard InChI is InChI=1S/C21H24O2/c22-21(18-13-7-4-8-14-18)23-20-16-10-2-1-9-15-19(20)17-11-5-3-6-12-17/h3-8,11-14,19-20H,1-2,9-10,15-16H2/t19-,20+/m1/s1. The van der Waals surface area contributed by atoms with E-state index >= 15 is 0 Å². The summed E-state index contributed by atoms with van der Waals surface area (Å²) in [5, 5.41) is 0. The first-order valence-corrected chi connectivity index (χ1v) is 8.65. The highest BCUT2D eigenvalue weighted by Gasteiger charge is 2.27. The molecule has 0 amide bonds. The van der Waals surface area contributed by atoms with Crippen molar-refractivity contribution in [1.82, 2.24) is 0 Å². The Hall–Kier alpha value is -2.09. The molecule has 23 heavy (non-hydrogen) atoms. The highest BCUT2D eigenvalue weighted by atomic mass is 16.5. The summed E-state index contributed by atoms with van der Waals surface area (Å²) in [5.41, 5.74) is 1.93. The second-order valence-electron chi connectivity index (χ2n) is 6.32. The largest absolute Gasteiger partial charge is 0.458 e. The van der Waals surface area contributed by atoms with Crippen LogP contribution in [0.4, 0.5) is 0 Å². The van der Waals surface area contributed by atoms with Crippen molar-refractivity contribution < 1.29 is 9.53 Å². The van der Waals surface area contributed by atoms with E-state index in [4.69, 9.17) is 4.74 Å². The Kier molecular flexibility index (Phi) is 5.46. The van der Waals surface area contributed by atoms with Crippen molar-refractivity contribution in [3.8, 4) is 0 Å². The van der Waals surface area contributed by atoms with Gasteiger partial charge in [-0.15, -0.1) is 0 Å². The average Bonchev–Trinajstić information content (AvgIpc) is 2.59.